The Morgan fingerprint density at radius 1 is 1.21 bits per heavy atom. The van der Waals surface area contributed by atoms with E-state index in [1.165, 1.54) is 30.3 Å². The second-order valence-corrected chi connectivity index (χ2v) is 4.81. The highest BCUT2D eigenvalue weighted by Gasteiger charge is 2.13. The number of hydrogen-bond donors (Lipinski definition) is 1. The molecule has 0 heterocycles. The minimum atomic E-state index is -0.990. The van der Waals surface area contributed by atoms with Gasteiger partial charge in [0, 0.05) is 11.8 Å². The average molecular weight is 376 g/mol. The molecule has 2 aromatic rings. The SMILES string of the molecule is O=[N+]([O-])c1ccc(Nc2cccc(F)c2F)cc1I. The quantitative estimate of drug-likeness (QED) is 0.496. The van der Waals surface area contributed by atoms with Crippen molar-refractivity contribution in [1.82, 2.24) is 0 Å². The molecule has 0 amide bonds. The number of nitro benzene ring substituents is 1. The lowest BCUT2D eigenvalue weighted by atomic mass is 10.2. The molecule has 19 heavy (non-hydrogen) atoms. The topological polar surface area (TPSA) is 55.2 Å². The molecule has 0 unspecified atom stereocenters. The van der Waals surface area contributed by atoms with Crippen molar-refractivity contribution in [1.29, 1.82) is 0 Å². The maximum Gasteiger partial charge on any atom is 0.282 e. The fourth-order valence-electron chi connectivity index (χ4n) is 1.49. The number of anilines is 2. The highest BCUT2D eigenvalue weighted by molar-refractivity contribution is 14.1. The molecule has 0 aliphatic carbocycles. The molecule has 0 saturated carbocycles. The van der Waals surface area contributed by atoms with Crippen molar-refractivity contribution in [2.75, 3.05) is 5.32 Å². The first-order valence-corrected chi connectivity index (χ1v) is 6.22. The van der Waals surface area contributed by atoms with Crippen molar-refractivity contribution in [3.63, 3.8) is 0 Å². The Bertz CT molecular complexity index is 650. The first kappa shape index (κ1) is 13.7. The zero-order valence-electron chi connectivity index (χ0n) is 9.36. The summed E-state index contributed by atoms with van der Waals surface area (Å²) >= 11 is 1.81. The van der Waals surface area contributed by atoms with Crippen LogP contribution in [0.25, 0.3) is 0 Å². The summed E-state index contributed by atoms with van der Waals surface area (Å²) in [6.45, 7) is 0. The van der Waals surface area contributed by atoms with Crippen LogP contribution in [0.5, 0.6) is 0 Å². The van der Waals surface area contributed by atoms with Gasteiger partial charge in [-0.1, -0.05) is 6.07 Å². The van der Waals surface area contributed by atoms with Crippen molar-refractivity contribution in [3.05, 3.63) is 61.7 Å². The van der Waals surface area contributed by atoms with Crippen LogP contribution in [0, 0.1) is 25.3 Å². The summed E-state index contributed by atoms with van der Waals surface area (Å²) < 4.78 is 26.9. The molecule has 4 nitrogen and oxygen atoms in total. The van der Waals surface area contributed by atoms with E-state index in [2.05, 4.69) is 5.32 Å². The van der Waals surface area contributed by atoms with Gasteiger partial charge in [-0.15, -0.1) is 0 Å². The van der Waals surface area contributed by atoms with Crippen LogP contribution in [-0.4, -0.2) is 4.92 Å². The van der Waals surface area contributed by atoms with Gasteiger partial charge in [0.25, 0.3) is 5.69 Å². The van der Waals surface area contributed by atoms with Crippen molar-refractivity contribution < 1.29 is 13.7 Å². The Labute approximate surface area is 120 Å². The summed E-state index contributed by atoms with van der Waals surface area (Å²) in [5.74, 6) is -1.95. The van der Waals surface area contributed by atoms with Crippen LogP contribution in [0.4, 0.5) is 25.8 Å². The maximum absolute atomic E-state index is 13.4. The second-order valence-electron chi connectivity index (χ2n) is 3.65. The lowest BCUT2D eigenvalue weighted by molar-refractivity contribution is -0.385. The maximum atomic E-state index is 13.4. The summed E-state index contributed by atoms with van der Waals surface area (Å²) in [6, 6.07) is 8.00. The van der Waals surface area contributed by atoms with Crippen molar-refractivity contribution >= 4 is 39.7 Å². The molecular weight excluding hydrogens is 369 g/mol. The van der Waals surface area contributed by atoms with Gasteiger partial charge in [0.1, 0.15) is 0 Å². The minimum Gasteiger partial charge on any atom is -0.353 e. The van der Waals surface area contributed by atoms with Gasteiger partial charge >= 0.3 is 0 Å². The van der Waals surface area contributed by atoms with E-state index in [-0.39, 0.29) is 11.4 Å². The molecule has 0 spiro atoms. The van der Waals surface area contributed by atoms with E-state index >= 15 is 0 Å². The predicted octanol–water partition coefficient (Wildman–Crippen LogP) is 4.22. The standard InChI is InChI=1S/C12H7F2IN2O2/c13-8-2-1-3-10(12(8)14)16-7-4-5-11(17(18)19)9(15)6-7/h1-6,16H. The van der Waals surface area contributed by atoms with Crippen LogP contribution in [0.3, 0.4) is 0 Å². The van der Waals surface area contributed by atoms with Gasteiger partial charge in [0.05, 0.1) is 14.2 Å². The molecule has 98 valence electrons. The molecule has 2 rings (SSSR count). The second kappa shape index (κ2) is 5.47. The Morgan fingerprint density at radius 3 is 2.58 bits per heavy atom. The van der Waals surface area contributed by atoms with E-state index < -0.39 is 16.6 Å². The Morgan fingerprint density at radius 2 is 1.95 bits per heavy atom. The molecule has 0 aliphatic rings. The molecule has 0 bridgehead atoms. The number of rotatable bonds is 3. The third-order valence-electron chi connectivity index (χ3n) is 2.37. The number of hydrogen-bond acceptors (Lipinski definition) is 3. The first-order valence-electron chi connectivity index (χ1n) is 5.14. The average Bonchev–Trinajstić information content (AvgIpc) is 2.34. The molecule has 2 aromatic carbocycles. The number of nitro groups is 1. The summed E-state index contributed by atoms with van der Waals surface area (Å²) in [7, 11) is 0. The summed E-state index contributed by atoms with van der Waals surface area (Å²) in [4.78, 5) is 10.2. The van der Waals surface area contributed by atoms with Crippen LogP contribution in [0.1, 0.15) is 0 Å². The molecule has 0 atom stereocenters. The van der Waals surface area contributed by atoms with Gasteiger partial charge in [-0.3, -0.25) is 10.1 Å². The van der Waals surface area contributed by atoms with Gasteiger partial charge in [0.15, 0.2) is 11.6 Å². The Kier molecular flexibility index (Phi) is 3.93. The van der Waals surface area contributed by atoms with Gasteiger partial charge in [0.2, 0.25) is 0 Å². The molecule has 0 fully saturated rings. The summed E-state index contributed by atoms with van der Waals surface area (Å²) in [5, 5.41) is 13.3. The smallest absolute Gasteiger partial charge is 0.282 e. The fourth-order valence-corrected chi connectivity index (χ4v) is 2.20. The third-order valence-corrected chi connectivity index (χ3v) is 3.24. The van der Waals surface area contributed by atoms with Crippen LogP contribution < -0.4 is 5.32 Å². The fraction of sp³-hybridized carbons (Fsp3) is 0. The van der Waals surface area contributed by atoms with E-state index in [1.807, 2.05) is 22.6 Å². The lowest BCUT2D eigenvalue weighted by Gasteiger charge is -2.08. The highest BCUT2D eigenvalue weighted by Crippen LogP contribution is 2.27. The molecule has 0 radical (unpaired) electrons. The predicted molar refractivity (Wildman–Crippen MR) is 75.5 cm³/mol. The number of nitrogens with zero attached hydrogens (tertiary/aromatic N) is 1. The molecule has 0 aromatic heterocycles. The van der Waals surface area contributed by atoms with E-state index in [1.54, 1.807) is 0 Å². The van der Waals surface area contributed by atoms with Gasteiger partial charge in [-0.05, 0) is 46.9 Å². The van der Waals surface area contributed by atoms with Gasteiger partial charge < -0.3 is 5.32 Å². The Hall–Kier alpha value is -1.77. The zero-order valence-corrected chi connectivity index (χ0v) is 11.5. The highest BCUT2D eigenvalue weighted by atomic mass is 127. The molecule has 0 saturated heterocycles. The molecular formula is C12H7F2IN2O2. The van der Waals surface area contributed by atoms with E-state index in [0.29, 0.717) is 9.26 Å². The van der Waals surface area contributed by atoms with Crippen LogP contribution in [0.2, 0.25) is 0 Å². The minimum absolute atomic E-state index is 0.0235. The van der Waals surface area contributed by atoms with Crippen LogP contribution in [0.15, 0.2) is 36.4 Å². The van der Waals surface area contributed by atoms with Crippen molar-refractivity contribution in [3.8, 4) is 0 Å². The van der Waals surface area contributed by atoms with Gasteiger partial charge in [-0.2, -0.15) is 0 Å². The van der Waals surface area contributed by atoms with E-state index in [9.17, 15) is 18.9 Å². The van der Waals surface area contributed by atoms with Crippen molar-refractivity contribution in [2.45, 2.75) is 0 Å². The van der Waals surface area contributed by atoms with Crippen LogP contribution >= 0.6 is 22.6 Å². The lowest BCUT2D eigenvalue weighted by Crippen LogP contribution is -1.98. The summed E-state index contributed by atoms with van der Waals surface area (Å²) in [6.07, 6.45) is 0. The summed E-state index contributed by atoms with van der Waals surface area (Å²) in [5.41, 5.74) is 0.384. The number of benzene rings is 2. The number of nitrogens with one attached hydrogen (secondary N) is 1. The van der Waals surface area contributed by atoms with Gasteiger partial charge in [-0.25, -0.2) is 8.78 Å². The normalized spacial score (nSPS) is 10.3. The van der Waals surface area contributed by atoms with Crippen LogP contribution in [-0.2, 0) is 0 Å². The van der Waals surface area contributed by atoms with E-state index in [0.717, 1.165) is 6.07 Å². The molecule has 1 N–H and O–H groups in total. The third kappa shape index (κ3) is 2.98. The van der Waals surface area contributed by atoms with E-state index in [4.69, 9.17) is 0 Å². The first-order chi connectivity index (χ1) is 8.99. The zero-order chi connectivity index (χ0) is 14.0. The number of halogens is 3. The molecule has 7 heteroatoms. The van der Waals surface area contributed by atoms with Crippen molar-refractivity contribution in [2.24, 2.45) is 0 Å². The molecule has 0 aliphatic heterocycles. The largest absolute Gasteiger partial charge is 0.353 e. The monoisotopic (exact) mass is 376 g/mol. The Balaban J connectivity index is 2.32.